The second-order valence-electron chi connectivity index (χ2n) is 5.00. The van der Waals surface area contributed by atoms with Gasteiger partial charge in [0.15, 0.2) is 0 Å². The Hall–Kier alpha value is 0.177. The van der Waals surface area contributed by atoms with Gasteiger partial charge in [-0.25, -0.2) is 0 Å². The molecule has 1 fully saturated rings. The molecule has 2 radical (unpaired) electrons. The maximum absolute atomic E-state index is 6.19. The fraction of sp³-hybridized carbons (Fsp3) is 1.00. The number of unbranched alkanes of at least 4 members (excludes halogenated alkanes) is 1. The van der Waals surface area contributed by atoms with Crippen LogP contribution in [0.4, 0.5) is 0 Å². The predicted octanol–water partition coefficient (Wildman–Crippen LogP) is 4.20. The Bertz CT molecular complexity index is 166. The lowest BCUT2D eigenvalue weighted by Crippen LogP contribution is -2.37. The van der Waals surface area contributed by atoms with Crippen molar-refractivity contribution >= 4 is 9.76 Å². The van der Waals surface area contributed by atoms with Gasteiger partial charge in [-0.2, -0.15) is 0 Å². The van der Waals surface area contributed by atoms with Gasteiger partial charge in [0.05, 0.1) is 5.60 Å². The van der Waals surface area contributed by atoms with E-state index in [9.17, 15) is 0 Å². The molecule has 0 aromatic carbocycles. The van der Waals surface area contributed by atoms with Crippen molar-refractivity contribution in [2.45, 2.75) is 77.4 Å². The first-order valence-corrected chi connectivity index (χ1v) is 7.75. The van der Waals surface area contributed by atoms with Gasteiger partial charge in [-0.05, 0) is 38.1 Å². The highest BCUT2D eigenvalue weighted by atomic mass is 28.2. The number of hydrogen-bond acceptors (Lipinski definition) is 1. The van der Waals surface area contributed by atoms with Crippen LogP contribution in [-0.4, -0.2) is 15.4 Å². The molecule has 0 aromatic heterocycles. The number of rotatable bonds is 7. The van der Waals surface area contributed by atoms with Crippen LogP contribution >= 0.6 is 0 Å². The molecule has 1 nitrogen and oxygen atoms in total. The molecule has 1 saturated carbocycles. The molecule has 2 heteroatoms. The zero-order chi connectivity index (χ0) is 11.1. The third-order valence-corrected chi connectivity index (χ3v) is 5.03. The van der Waals surface area contributed by atoms with Crippen molar-refractivity contribution in [1.29, 1.82) is 0 Å². The summed E-state index contributed by atoms with van der Waals surface area (Å²) in [5.74, 6) is 0.830. The van der Waals surface area contributed by atoms with E-state index in [1.165, 1.54) is 51.0 Å². The summed E-state index contributed by atoms with van der Waals surface area (Å²) in [7, 11) is 0.724. The molecule has 0 spiro atoms. The molecule has 88 valence electrons. The maximum Gasteiger partial charge on any atom is 0.230 e. The molecule has 1 aliphatic carbocycles. The van der Waals surface area contributed by atoms with E-state index in [-0.39, 0.29) is 5.60 Å². The van der Waals surface area contributed by atoms with E-state index >= 15 is 0 Å². The molecule has 0 aliphatic heterocycles. The largest absolute Gasteiger partial charge is 0.412 e. The topological polar surface area (TPSA) is 9.23 Å². The lowest BCUT2D eigenvalue weighted by atomic mass is 9.86. The summed E-state index contributed by atoms with van der Waals surface area (Å²) in [6.45, 7) is 6.87. The van der Waals surface area contributed by atoms with Crippen molar-refractivity contribution in [2.75, 3.05) is 0 Å². The Kier molecular flexibility index (Phi) is 5.91. The van der Waals surface area contributed by atoms with Crippen LogP contribution in [0, 0.1) is 5.92 Å². The Morgan fingerprint density at radius 2 is 1.93 bits per heavy atom. The van der Waals surface area contributed by atoms with Crippen LogP contribution < -0.4 is 0 Å². The fourth-order valence-electron chi connectivity index (χ4n) is 2.45. The molecule has 1 atom stereocenters. The first-order chi connectivity index (χ1) is 7.23. The van der Waals surface area contributed by atoms with Crippen molar-refractivity contribution in [1.82, 2.24) is 0 Å². The Labute approximate surface area is 97.9 Å². The predicted molar refractivity (Wildman–Crippen MR) is 67.2 cm³/mol. The molecule has 15 heavy (non-hydrogen) atoms. The molecular formula is C13H26OSi. The lowest BCUT2D eigenvalue weighted by molar-refractivity contribution is 0.0269. The lowest BCUT2D eigenvalue weighted by Gasteiger charge is -2.35. The van der Waals surface area contributed by atoms with Gasteiger partial charge in [-0.3, -0.25) is 0 Å². The molecule has 1 aliphatic rings. The molecule has 0 amide bonds. The van der Waals surface area contributed by atoms with Crippen molar-refractivity contribution in [2.24, 2.45) is 5.92 Å². The fourth-order valence-corrected chi connectivity index (χ4v) is 3.69. The summed E-state index contributed by atoms with van der Waals surface area (Å²) in [5.41, 5.74) is 0.183. The van der Waals surface area contributed by atoms with E-state index < -0.39 is 0 Å². The molecular weight excluding hydrogens is 200 g/mol. The smallest absolute Gasteiger partial charge is 0.230 e. The van der Waals surface area contributed by atoms with Gasteiger partial charge in [-0.15, -0.1) is 0 Å². The third-order valence-electron chi connectivity index (χ3n) is 3.86. The zero-order valence-corrected chi connectivity index (χ0v) is 11.6. The van der Waals surface area contributed by atoms with E-state index in [1.54, 1.807) is 0 Å². The molecule has 1 unspecified atom stereocenters. The van der Waals surface area contributed by atoms with E-state index in [4.69, 9.17) is 4.43 Å². The number of hydrogen-bond donors (Lipinski definition) is 0. The first kappa shape index (κ1) is 13.2. The van der Waals surface area contributed by atoms with Crippen LogP contribution in [0.15, 0.2) is 0 Å². The van der Waals surface area contributed by atoms with Gasteiger partial charge < -0.3 is 4.43 Å². The van der Waals surface area contributed by atoms with E-state index in [0.717, 1.165) is 15.7 Å². The summed E-state index contributed by atoms with van der Waals surface area (Å²) in [6, 6.07) is 1.26. The molecule has 0 bridgehead atoms. The summed E-state index contributed by atoms with van der Waals surface area (Å²) in [5, 5.41) is 0. The summed E-state index contributed by atoms with van der Waals surface area (Å²) in [4.78, 5) is 0. The van der Waals surface area contributed by atoms with E-state index in [0.29, 0.717) is 0 Å². The first-order valence-electron chi connectivity index (χ1n) is 6.63. The zero-order valence-electron chi connectivity index (χ0n) is 10.6. The van der Waals surface area contributed by atoms with E-state index in [1.807, 2.05) is 0 Å². The minimum Gasteiger partial charge on any atom is -0.412 e. The highest BCUT2D eigenvalue weighted by Gasteiger charge is 2.34. The third kappa shape index (κ3) is 3.91. The van der Waals surface area contributed by atoms with Gasteiger partial charge in [0, 0.05) is 0 Å². The van der Waals surface area contributed by atoms with Crippen molar-refractivity contribution in [3.8, 4) is 0 Å². The van der Waals surface area contributed by atoms with Crippen LogP contribution in [0.25, 0.3) is 0 Å². The molecule has 0 saturated heterocycles. The monoisotopic (exact) mass is 226 g/mol. The minimum absolute atomic E-state index is 0.183. The van der Waals surface area contributed by atoms with Crippen LogP contribution in [0.5, 0.6) is 0 Å². The van der Waals surface area contributed by atoms with Gasteiger partial charge >= 0.3 is 0 Å². The van der Waals surface area contributed by atoms with Crippen LogP contribution in [0.1, 0.15) is 65.7 Å². The average molecular weight is 226 g/mol. The second-order valence-corrected chi connectivity index (χ2v) is 5.99. The van der Waals surface area contributed by atoms with Crippen molar-refractivity contribution in [3.63, 3.8) is 0 Å². The van der Waals surface area contributed by atoms with E-state index in [2.05, 4.69) is 20.8 Å². The summed E-state index contributed by atoms with van der Waals surface area (Å²) < 4.78 is 6.19. The molecule has 0 aromatic rings. The van der Waals surface area contributed by atoms with Crippen LogP contribution in [-0.2, 0) is 4.43 Å². The average Bonchev–Trinajstić information content (AvgIpc) is 2.78. The van der Waals surface area contributed by atoms with Crippen LogP contribution in [0.3, 0.4) is 0 Å². The summed E-state index contributed by atoms with van der Waals surface area (Å²) >= 11 is 0. The maximum atomic E-state index is 6.19. The van der Waals surface area contributed by atoms with Gasteiger partial charge in [0.25, 0.3) is 0 Å². The highest BCUT2D eigenvalue weighted by Crippen LogP contribution is 2.38. The Morgan fingerprint density at radius 1 is 1.27 bits per heavy atom. The van der Waals surface area contributed by atoms with Crippen molar-refractivity contribution < 1.29 is 4.43 Å². The standard InChI is InChI=1S/C13H26OSi/c1-4-6-11-15-14-13(3,5-2)12-9-7-8-10-12/h12H,4-11H2,1-3H3. The van der Waals surface area contributed by atoms with Gasteiger partial charge in [0.1, 0.15) is 0 Å². The molecule has 0 N–H and O–H groups in total. The Morgan fingerprint density at radius 3 is 2.47 bits per heavy atom. The molecule has 1 rings (SSSR count). The summed E-state index contributed by atoms with van der Waals surface area (Å²) in [6.07, 6.45) is 9.41. The SMILES string of the molecule is CCCC[Si]OC(C)(CC)C1CCCC1. The van der Waals surface area contributed by atoms with Crippen molar-refractivity contribution in [3.05, 3.63) is 0 Å². The van der Waals surface area contributed by atoms with Gasteiger partial charge in [0.2, 0.25) is 9.76 Å². The van der Waals surface area contributed by atoms with Gasteiger partial charge in [-0.1, -0.05) is 39.5 Å². The highest BCUT2D eigenvalue weighted by molar-refractivity contribution is 6.27. The quantitative estimate of drug-likeness (QED) is 0.467. The Balaban J connectivity index is 2.30. The van der Waals surface area contributed by atoms with Crippen LogP contribution in [0.2, 0.25) is 6.04 Å². The minimum atomic E-state index is 0.183. The molecule has 0 heterocycles. The normalized spacial score (nSPS) is 21.8. The second kappa shape index (κ2) is 6.69.